The van der Waals surface area contributed by atoms with E-state index in [4.69, 9.17) is 4.74 Å². The molecule has 234 valence electrons. The van der Waals surface area contributed by atoms with Crippen molar-refractivity contribution in [3.05, 3.63) is 104 Å². The number of aryl methyl sites for hydroxylation is 2. The van der Waals surface area contributed by atoms with Crippen LogP contribution in [0.5, 0.6) is 23.0 Å². The quantitative estimate of drug-likeness (QED) is 0.152. The van der Waals surface area contributed by atoms with Crippen LogP contribution in [-0.4, -0.2) is 84.1 Å². The second-order valence-electron chi connectivity index (χ2n) is 12.0. The fraction of sp³-hybridized carbons (Fsp3) is 0.229. The molecule has 46 heavy (non-hydrogen) atoms. The first-order valence-corrected chi connectivity index (χ1v) is 14.5. The lowest BCUT2D eigenvalue weighted by Gasteiger charge is -2.42. The zero-order valence-corrected chi connectivity index (χ0v) is 24.5. The summed E-state index contributed by atoms with van der Waals surface area (Å²) >= 11 is 0. The lowest BCUT2D eigenvalue weighted by atomic mass is 9.70. The molecule has 1 heterocycles. The second-order valence-corrected chi connectivity index (χ2v) is 12.0. The zero-order valence-electron chi connectivity index (χ0n) is 24.5. The third-order valence-corrected chi connectivity index (χ3v) is 9.24. The van der Waals surface area contributed by atoms with E-state index < -0.39 is 64.9 Å². The number of aliphatic hydroxyl groups excluding tert-OH is 3. The summed E-state index contributed by atoms with van der Waals surface area (Å²) in [7, 11) is 0. The van der Waals surface area contributed by atoms with Gasteiger partial charge in [-0.1, -0.05) is 30.3 Å². The number of phenolic OH excluding ortho intramolecular Hbond substituents is 4. The number of aromatic hydroxyl groups is 4. The van der Waals surface area contributed by atoms with Crippen LogP contribution in [0.4, 0.5) is 0 Å². The summed E-state index contributed by atoms with van der Waals surface area (Å²) in [6.45, 7) is 2.92. The Morgan fingerprint density at radius 3 is 2.07 bits per heavy atom. The number of hydrogen-bond donors (Lipinski definition) is 7. The van der Waals surface area contributed by atoms with Gasteiger partial charge in [0, 0.05) is 28.2 Å². The van der Waals surface area contributed by atoms with E-state index in [1.54, 1.807) is 19.9 Å². The minimum Gasteiger partial charge on any atom is -0.507 e. The van der Waals surface area contributed by atoms with E-state index in [1.807, 2.05) is 0 Å². The van der Waals surface area contributed by atoms with E-state index in [9.17, 15) is 50.1 Å². The molecule has 2 aliphatic carbocycles. The van der Waals surface area contributed by atoms with Crippen molar-refractivity contribution in [2.75, 3.05) is 6.61 Å². The summed E-state index contributed by atoms with van der Waals surface area (Å²) in [5.74, 6) is -5.17. The molecule has 4 aromatic carbocycles. The van der Waals surface area contributed by atoms with Gasteiger partial charge in [0.05, 0.1) is 35.0 Å². The maximum absolute atomic E-state index is 14.1. The van der Waals surface area contributed by atoms with Crippen LogP contribution in [0.25, 0.3) is 11.1 Å². The average molecular weight is 625 g/mol. The Balaban J connectivity index is 1.49. The molecule has 0 unspecified atom stereocenters. The van der Waals surface area contributed by atoms with Gasteiger partial charge in [0.25, 0.3) is 0 Å². The molecule has 1 aliphatic heterocycles. The number of hydrogen-bond acceptors (Lipinski definition) is 11. The summed E-state index contributed by atoms with van der Waals surface area (Å²) in [5.41, 5.74) is 0.00736. The first-order chi connectivity index (χ1) is 21.8. The summed E-state index contributed by atoms with van der Waals surface area (Å²) in [5, 5.41) is 75.7. The molecule has 1 fully saturated rings. The Bertz CT molecular complexity index is 2050. The molecule has 0 amide bonds. The number of rotatable bonds is 2. The summed E-state index contributed by atoms with van der Waals surface area (Å²) in [4.78, 5) is 41.6. The van der Waals surface area contributed by atoms with Gasteiger partial charge in [-0.3, -0.25) is 14.4 Å². The number of aliphatic hydroxyl groups is 3. The largest absolute Gasteiger partial charge is 0.507 e. The standard InChI is InChI=1S/C35H28O11/c1-12-8-17-23(35-34(45)31(42)21(39)11-46-35)14-6-7-16(29(40)26(14)32(43)25(17)19(37)9-12)22-13(2)10-20(38)27-28(22)30(41)15-4-3-5-18(36)24(15)33(27)44/h3-10,21,23,31,34-40,42,45H,11H2,1-2H3/t21-,23-,31+,34-,35-/m0/s1. The number of ether oxygens (including phenoxy) is 1. The maximum atomic E-state index is 14.1. The van der Waals surface area contributed by atoms with Gasteiger partial charge in [-0.05, 0) is 54.3 Å². The molecule has 7 N–H and O–H groups in total. The number of fused-ring (bicyclic) bond motifs is 4. The molecular weight excluding hydrogens is 596 g/mol. The van der Waals surface area contributed by atoms with Crippen molar-refractivity contribution in [3.63, 3.8) is 0 Å². The number of ketones is 3. The highest BCUT2D eigenvalue weighted by atomic mass is 16.5. The van der Waals surface area contributed by atoms with Crippen LogP contribution in [0.2, 0.25) is 0 Å². The van der Waals surface area contributed by atoms with Crippen molar-refractivity contribution in [2.24, 2.45) is 0 Å². The van der Waals surface area contributed by atoms with Crippen molar-refractivity contribution in [1.29, 1.82) is 0 Å². The van der Waals surface area contributed by atoms with Gasteiger partial charge in [0.1, 0.15) is 41.3 Å². The maximum Gasteiger partial charge on any atom is 0.201 e. The molecule has 3 aliphatic rings. The van der Waals surface area contributed by atoms with Crippen molar-refractivity contribution in [3.8, 4) is 34.1 Å². The summed E-state index contributed by atoms with van der Waals surface area (Å²) in [6, 6.07) is 11.2. The van der Waals surface area contributed by atoms with Gasteiger partial charge < -0.3 is 40.5 Å². The predicted molar refractivity (Wildman–Crippen MR) is 161 cm³/mol. The molecule has 0 aromatic heterocycles. The van der Waals surface area contributed by atoms with Crippen LogP contribution in [0, 0.1) is 13.8 Å². The highest BCUT2D eigenvalue weighted by Crippen LogP contribution is 2.51. The Kier molecular flexibility index (Phi) is 6.59. The molecule has 0 spiro atoms. The molecule has 11 nitrogen and oxygen atoms in total. The third kappa shape index (κ3) is 3.96. The minimum absolute atomic E-state index is 0.0278. The normalized spacial score (nSPS) is 23.4. The van der Waals surface area contributed by atoms with Crippen molar-refractivity contribution < 1.29 is 54.9 Å². The molecule has 4 aromatic rings. The van der Waals surface area contributed by atoms with E-state index in [-0.39, 0.29) is 73.6 Å². The third-order valence-electron chi connectivity index (χ3n) is 9.24. The van der Waals surface area contributed by atoms with Crippen LogP contribution in [0.3, 0.4) is 0 Å². The van der Waals surface area contributed by atoms with Crippen LogP contribution in [0.15, 0.2) is 48.5 Å². The van der Waals surface area contributed by atoms with Crippen molar-refractivity contribution in [1.82, 2.24) is 0 Å². The van der Waals surface area contributed by atoms with Crippen molar-refractivity contribution >= 4 is 17.3 Å². The fourth-order valence-corrected chi connectivity index (χ4v) is 7.19. The minimum atomic E-state index is -1.61. The van der Waals surface area contributed by atoms with E-state index >= 15 is 0 Å². The second kappa shape index (κ2) is 10.2. The molecule has 1 saturated heterocycles. The first-order valence-electron chi connectivity index (χ1n) is 14.5. The highest BCUT2D eigenvalue weighted by molar-refractivity contribution is 6.32. The molecular formula is C35H28O11. The first kappa shape index (κ1) is 29.6. The highest BCUT2D eigenvalue weighted by Gasteiger charge is 2.48. The van der Waals surface area contributed by atoms with Crippen LogP contribution < -0.4 is 0 Å². The Morgan fingerprint density at radius 2 is 1.33 bits per heavy atom. The van der Waals surface area contributed by atoms with Gasteiger partial charge in [-0.15, -0.1) is 0 Å². The number of phenols is 4. The predicted octanol–water partition coefficient (Wildman–Crippen LogP) is 2.73. The number of carbonyl (C=O) groups is 3. The summed E-state index contributed by atoms with van der Waals surface area (Å²) in [6.07, 6.45) is -5.76. The van der Waals surface area contributed by atoms with E-state index in [2.05, 4.69) is 0 Å². The molecule has 0 radical (unpaired) electrons. The van der Waals surface area contributed by atoms with Crippen LogP contribution >= 0.6 is 0 Å². The number of benzene rings is 4. The van der Waals surface area contributed by atoms with Gasteiger partial charge >= 0.3 is 0 Å². The molecule has 11 heteroatoms. The molecule has 5 atom stereocenters. The SMILES string of the molecule is Cc1cc(O)c2c(c1)[C@@H]([C@@H]1OC[C@H](O)[C@@H](O)[C@@H]1O)c1ccc(-c3c(C)cc(O)c4c3C(=O)c3cccc(O)c3C4=O)c(O)c1C2=O. The number of carbonyl (C=O) groups excluding carboxylic acids is 3. The van der Waals surface area contributed by atoms with Gasteiger partial charge in [0.15, 0.2) is 5.78 Å². The van der Waals surface area contributed by atoms with Crippen LogP contribution in [-0.2, 0) is 4.74 Å². The average Bonchev–Trinajstić information content (AvgIpc) is 2.99. The smallest absolute Gasteiger partial charge is 0.201 e. The van der Waals surface area contributed by atoms with Gasteiger partial charge in [-0.25, -0.2) is 0 Å². The van der Waals surface area contributed by atoms with Crippen molar-refractivity contribution in [2.45, 2.75) is 44.2 Å². The van der Waals surface area contributed by atoms with E-state index in [0.717, 1.165) is 0 Å². The lowest BCUT2D eigenvalue weighted by molar-refractivity contribution is -0.190. The Labute approximate surface area is 261 Å². The fourth-order valence-electron chi connectivity index (χ4n) is 7.19. The zero-order chi connectivity index (χ0) is 32.9. The van der Waals surface area contributed by atoms with E-state index in [1.165, 1.54) is 42.5 Å². The molecule has 0 saturated carbocycles. The molecule has 0 bridgehead atoms. The Hall–Kier alpha value is -5.07. The Morgan fingerprint density at radius 1 is 0.630 bits per heavy atom. The van der Waals surface area contributed by atoms with E-state index in [0.29, 0.717) is 5.56 Å². The lowest BCUT2D eigenvalue weighted by Crippen LogP contribution is -2.55. The topological polar surface area (TPSA) is 202 Å². The monoisotopic (exact) mass is 624 g/mol. The molecule has 7 rings (SSSR count). The van der Waals surface area contributed by atoms with Gasteiger partial charge in [-0.2, -0.15) is 0 Å². The van der Waals surface area contributed by atoms with Gasteiger partial charge in [0.2, 0.25) is 11.6 Å². The summed E-state index contributed by atoms with van der Waals surface area (Å²) < 4.78 is 5.81. The van der Waals surface area contributed by atoms with Crippen LogP contribution in [0.1, 0.15) is 75.9 Å².